The zero-order valence-corrected chi connectivity index (χ0v) is 7.33. The molecule has 0 aliphatic heterocycles. The van der Waals surface area contributed by atoms with Crippen molar-refractivity contribution in [1.82, 2.24) is 0 Å². The Labute approximate surface area is 68.4 Å². The minimum Gasteiger partial charge on any atom is -0.659 e. The van der Waals surface area contributed by atoms with Gasteiger partial charge in [0.25, 0.3) is 0 Å². The van der Waals surface area contributed by atoms with Gasteiger partial charge in [-0.25, -0.2) is 0 Å². The molecule has 0 bridgehead atoms. The normalized spacial score (nSPS) is 13.0. The molecular weight excluding hydrogens is 134 g/mol. The van der Waals surface area contributed by atoms with Gasteiger partial charge in [-0.1, -0.05) is 42.3 Å². The third-order valence-electron chi connectivity index (χ3n) is 1.95. The fourth-order valence-corrected chi connectivity index (χ4v) is 0.994. The van der Waals surface area contributed by atoms with Gasteiger partial charge in [0.05, 0.1) is 0 Å². The van der Waals surface area contributed by atoms with Gasteiger partial charge >= 0.3 is 0 Å². The number of hydrogen-bond acceptors (Lipinski definition) is 0. The van der Waals surface area contributed by atoms with Crippen LogP contribution in [0.1, 0.15) is 24.1 Å². The summed E-state index contributed by atoms with van der Waals surface area (Å²) < 4.78 is 0. The molecule has 0 aliphatic rings. The van der Waals surface area contributed by atoms with Gasteiger partial charge in [0.2, 0.25) is 0 Å². The predicted octanol–water partition coefficient (Wildman–Crippen LogP) is 3.06. The summed E-state index contributed by atoms with van der Waals surface area (Å²) in [6.07, 6.45) is 0. The second-order valence-electron chi connectivity index (χ2n) is 2.84. The van der Waals surface area contributed by atoms with Crippen LogP contribution in [-0.4, -0.2) is 7.05 Å². The van der Waals surface area contributed by atoms with Crippen LogP contribution in [-0.2, 0) is 0 Å². The Balaban J connectivity index is 2.81. The van der Waals surface area contributed by atoms with Crippen LogP contribution in [0, 0.1) is 6.92 Å². The van der Waals surface area contributed by atoms with E-state index >= 15 is 0 Å². The maximum Gasteiger partial charge on any atom is -0.0398 e. The van der Waals surface area contributed by atoms with Gasteiger partial charge in [0.1, 0.15) is 0 Å². The average Bonchev–Trinajstić information content (AvgIpc) is 2.05. The van der Waals surface area contributed by atoms with Gasteiger partial charge in [-0.15, -0.1) is 6.04 Å². The molecule has 0 spiro atoms. The topological polar surface area (TPSA) is 14.1 Å². The van der Waals surface area contributed by atoms with Crippen molar-refractivity contribution >= 4 is 0 Å². The number of aryl methyl sites for hydroxylation is 1. The number of hydrogen-bond donors (Lipinski definition) is 0. The van der Waals surface area contributed by atoms with Gasteiger partial charge in [-0.2, -0.15) is 7.05 Å². The van der Waals surface area contributed by atoms with Crippen molar-refractivity contribution in [3.05, 3.63) is 40.7 Å². The fraction of sp³-hybridized carbons (Fsp3) is 0.400. The lowest BCUT2D eigenvalue weighted by Gasteiger charge is -2.23. The monoisotopic (exact) mass is 148 g/mol. The quantitative estimate of drug-likeness (QED) is 0.612. The van der Waals surface area contributed by atoms with E-state index in [0.717, 1.165) is 0 Å². The molecule has 0 saturated heterocycles. The lowest BCUT2D eigenvalue weighted by atomic mass is 10.1. The van der Waals surface area contributed by atoms with Crippen LogP contribution in [0.5, 0.6) is 0 Å². The van der Waals surface area contributed by atoms with Crippen molar-refractivity contribution in [2.24, 2.45) is 0 Å². The smallest absolute Gasteiger partial charge is 0.0398 e. The Morgan fingerprint density at radius 1 is 1.18 bits per heavy atom. The Hall–Kier alpha value is -0.820. The minimum atomic E-state index is 0.329. The van der Waals surface area contributed by atoms with Crippen LogP contribution in [0.4, 0.5) is 0 Å². The largest absolute Gasteiger partial charge is 0.659 e. The highest BCUT2D eigenvalue weighted by molar-refractivity contribution is 5.25. The molecule has 11 heavy (non-hydrogen) atoms. The predicted molar refractivity (Wildman–Crippen MR) is 48.9 cm³/mol. The summed E-state index contributed by atoms with van der Waals surface area (Å²) in [7, 11) is 1.85. The van der Waals surface area contributed by atoms with Crippen molar-refractivity contribution in [2.45, 2.75) is 19.9 Å². The molecule has 0 amide bonds. The zero-order valence-electron chi connectivity index (χ0n) is 7.33. The van der Waals surface area contributed by atoms with Gasteiger partial charge in [0.15, 0.2) is 0 Å². The molecule has 0 aromatic heterocycles. The molecule has 1 atom stereocenters. The molecule has 1 rings (SSSR count). The zero-order chi connectivity index (χ0) is 8.27. The summed E-state index contributed by atoms with van der Waals surface area (Å²) >= 11 is 0. The van der Waals surface area contributed by atoms with Gasteiger partial charge in [-0.05, 0) is 6.92 Å². The molecule has 0 N–H and O–H groups in total. The standard InChI is InChI=1S/C10H14N/c1-8-4-6-10(7-5-8)9(2)11-3/h4-7,9H,1-3H3/q-1/t9-/m1/s1. The van der Waals surface area contributed by atoms with Crippen LogP contribution in [0.15, 0.2) is 24.3 Å². The van der Waals surface area contributed by atoms with Crippen LogP contribution in [0.3, 0.4) is 0 Å². The first-order valence-electron chi connectivity index (χ1n) is 3.89. The van der Waals surface area contributed by atoms with Gasteiger partial charge in [0, 0.05) is 0 Å². The molecule has 0 fully saturated rings. The molecular formula is C10H14N-. The molecule has 0 unspecified atom stereocenters. The molecule has 1 nitrogen and oxygen atoms in total. The van der Waals surface area contributed by atoms with E-state index in [9.17, 15) is 0 Å². The van der Waals surface area contributed by atoms with E-state index in [1.165, 1.54) is 11.1 Å². The first-order valence-corrected chi connectivity index (χ1v) is 3.89. The molecule has 60 valence electrons. The van der Waals surface area contributed by atoms with Gasteiger partial charge < -0.3 is 5.32 Å². The average molecular weight is 148 g/mol. The van der Waals surface area contributed by atoms with E-state index < -0.39 is 0 Å². The summed E-state index contributed by atoms with van der Waals surface area (Å²) in [6.45, 7) is 4.20. The molecule has 0 saturated carbocycles. The summed E-state index contributed by atoms with van der Waals surface area (Å²) in [4.78, 5) is 0. The summed E-state index contributed by atoms with van der Waals surface area (Å²) in [5.41, 5.74) is 2.59. The molecule has 0 aliphatic carbocycles. The van der Waals surface area contributed by atoms with E-state index in [-0.39, 0.29) is 0 Å². The third kappa shape index (κ3) is 2.05. The Kier molecular flexibility index (Phi) is 2.66. The van der Waals surface area contributed by atoms with Crippen LogP contribution < -0.4 is 0 Å². The first kappa shape index (κ1) is 8.28. The maximum absolute atomic E-state index is 4.19. The molecule has 0 radical (unpaired) electrons. The highest BCUT2D eigenvalue weighted by atomic mass is 14.8. The minimum absolute atomic E-state index is 0.329. The lowest BCUT2D eigenvalue weighted by molar-refractivity contribution is 0.914. The summed E-state index contributed by atoms with van der Waals surface area (Å²) in [6, 6.07) is 8.84. The fourth-order valence-electron chi connectivity index (χ4n) is 0.994. The Bertz CT molecular complexity index is 213. The van der Waals surface area contributed by atoms with Crippen LogP contribution in [0.2, 0.25) is 0 Å². The number of rotatable bonds is 2. The number of nitrogens with zero attached hydrogens (tertiary/aromatic N) is 1. The van der Waals surface area contributed by atoms with E-state index in [4.69, 9.17) is 0 Å². The van der Waals surface area contributed by atoms with E-state index in [2.05, 4.69) is 43.4 Å². The number of benzene rings is 1. The Morgan fingerprint density at radius 3 is 2.18 bits per heavy atom. The van der Waals surface area contributed by atoms with Crippen molar-refractivity contribution in [1.29, 1.82) is 0 Å². The SMILES string of the molecule is C[N-][C@H](C)c1ccc(C)cc1. The highest BCUT2D eigenvalue weighted by Crippen LogP contribution is 2.19. The van der Waals surface area contributed by atoms with Gasteiger partial charge in [-0.3, -0.25) is 0 Å². The summed E-state index contributed by atoms with van der Waals surface area (Å²) in [5, 5.41) is 4.19. The Morgan fingerprint density at radius 2 is 1.73 bits per heavy atom. The summed E-state index contributed by atoms with van der Waals surface area (Å²) in [5.74, 6) is 0. The lowest BCUT2D eigenvalue weighted by Crippen LogP contribution is -1.89. The second-order valence-corrected chi connectivity index (χ2v) is 2.84. The maximum atomic E-state index is 4.19. The first-order chi connectivity index (χ1) is 5.24. The molecule has 1 heteroatoms. The van der Waals surface area contributed by atoms with Crippen molar-refractivity contribution in [3.63, 3.8) is 0 Å². The van der Waals surface area contributed by atoms with E-state index in [0.29, 0.717) is 6.04 Å². The van der Waals surface area contributed by atoms with E-state index in [1.54, 1.807) is 0 Å². The molecule has 0 heterocycles. The highest BCUT2D eigenvalue weighted by Gasteiger charge is 1.91. The van der Waals surface area contributed by atoms with Crippen molar-refractivity contribution < 1.29 is 0 Å². The second kappa shape index (κ2) is 3.54. The van der Waals surface area contributed by atoms with Crippen molar-refractivity contribution in [2.75, 3.05) is 7.05 Å². The molecule has 1 aromatic rings. The van der Waals surface area contributed by atoms with Crippen molar-refractivity contribution in [3.8, 4) is 0 Å². The van der Waals surface area contributed by atoms with Crippen LogP contribution >= 0.6 is 0 Å². The molecule has 1 aromatic carbocycles. The van der Waals surface area contributed by atoms with E-state index in [1.807, 2.05) is 7.05 Å². The third-order valence-corrected chi connectivity index (χ3v) is 1.95. The van der Waals surface area contributed by atoms with Crippen LogP contribution in [0.25, 0.3) is 5.32 Å².